The number of benzene rings is 2. The van der Waals surface area contributed by atoms with Gasteiger partial charge in [0, 0.05) is 39.3 Å². The third-order valence-electron chi connectivity index (χ3n) is 8.40. The number of carboxylic acids is 1. The summed E-state index contributed by atoms with van der Waals surface area (Å²) in [6, 6.07) is 12.3. The van der Waals surface area contributed by atoms with Gasteiger partial charge in [0.2, 0.25) is 15.8 Å². The minimum absolute atomic E-state index is 0.108. The first-order valence-electron chi connectivity index (χ1n) is 14.4. The Hall–Kier alpha value is -4.06. The maximum atomic E-state index is 14.4. The zero-order chi connectivity index (χ0) is 31.9. The summed E-state index contributed by atoms with van der Waals surface area (Å²) in [7, 11) is -4.10. The maximum absolute atomic E-state index is 14.4. The lowest BCUT2D eigenvalue weighted by atomic mass is 9.91. The highest BCUT2D eigenvalue weighted by Crippen LogP contribution is 2.45. The molecule has 1 amide bonds. The van der Waals surface area contributed by atoms with Crippen molar-refractivity contribution in [3.8, 4) is 11.1 Å². The lowest BCUT2D eigenvalue weighted by Crippen LogP contribution is -2.42. The number of allylic oxidation sites excluding steroid dienone is 2. The van der Waals surface area contributed by atoms with Crippen LogP contribution in [0, 0.1) is 5.92 Å². The van der Waals surface area contributed by atoms with E-state index in [2.05, 4.69) is 15.0 Å². The Balaban J connectivity index is 1.43. The number of rotatable bonds is 7. The molecule has 1 aliphatic carbocycles. The summed E-state index contributed by atoms with van der Waals surface area (Å²) >= 11 is 12.6. The van der Waals surface area contributed by atoms with Crippen LogP contribution in [0.4, 0.5) is 11.6 Å². The maximum Gasteiger partial charge on any atom is 0.306 e. The fraction of sp³-hybridized carbons (Fsp3) is 0.281. The van der Waals surface area contributed by atoms with E-state index in [0.717, 1.165) is 16.7 Å². The molecule has 2 aromatic heterocycles. The molecular formula is C32H29Cl2N5O5S. The highest BCUT2D eigenvalue weighted by Gasteiger charge is 2.52. The Kier molecular flexibility index (Phi) is 8.28. The number of sulfone groups is 1. The zero-order valence-corrected chi connectivity index (χ0v) is 26.6. The van der Waals surface area contributed by atoms with Crippen molar-refractivity contribution in [2.45, 2.75) is 56.0 Å². The Morgan fingerprint density at radius 1 is 1.02 bits per heavy atom. The summed E-state index contributed by atoms with van der Waals surface area (Å²) in [4.78, 5) is 40.1. The fourth-order valence-electron chi connectivity index (χ4n) is 6.12. The number of anilines is 2. The number of amides is 1. The van der Waals surface area contributed by atoms with Gasteiger partial charge in [0.25, 0.3) is 5.91 Å². The van der Waals surface area contributed by atoms with Crippen LogP contribution >= 0.6 is 23.2 Å². The van der Waals surface area contributed by atoms with Crippen LogP contribution in [0.1, 0.15) is 44.6 Å². The molecule has 2 aliphatic rings. The van der Waals surface area contributed by atoms with Gasteiger partial charge in [-0.15, -0.1) is 0 Å². The number of carboxylic acid groups (broad SMARTS) is 1. The van der Waals surface area contributed by atoms with Crippen molar-refractivity contribution in [3.63, 3.8) is 0 Å². The molecule has 0 saturated heterocycles. The predicted molar refractivity (Wildman–Crippen MR) is 170 cm³/mol. The van der Waals surface area contributed by atoms with Crippen molar-refractivity contribution < 1.29 is 23.1 Å². The minimum Gasteiger partial charge on any atom is -0.481 e. The molecule has 0 spiro atoms. The van der Waals surface area contributed by atoms with Crippen LogP contribution in [-0.2, 0) is 31.4 Å². The molecule has 4 aromatic rings. The summed E-state index contributed by atoms with van der Waals surface area (Å²) in [5.74, 6) is -1.64. The van der Waals surface area contributed by atoms with Crippen LogP contribution in [0.2, 0.25) is 10.0 Å². The second kappa shape index (κ2) is 12.0. The molecule has 1 aliphatic heterocycles. The number of aromatic nitrogens is 4. The van der Waals surface area contributed by atoms with E-state index in [1.165, 1.54) is 22.0 Å². The number of fused-ring (bicyclic) bond motifs is 1. The van der Waals surface area contributed by atoms with Crippen molar-refractivity contribution in [1.82, 2.24) is 19.5 Å². The van der Waals surface area contributed by atoms with Gasteiger partial charge in [0.15, 0.2) is 5.03 Å². The van der Waals surface area contributed by atoms with Crippen molar-refractivity contribution in [2.75, 3.05) is 4.90 Å². The molecule has 232 valence electrons. The predicted octanol–water partition coefficient (Wildman–Crippen LogP) is 6.61. The van der Waals surface area contributed by atoms with Crippen LogP contribution in [0.15, 0.2) is 83.4 Å². The summed E-state index contributed by atoms with van der Waals surface area (Å²) in [6.45, 7) is 1.70. The van der Waals surface area contributed by atoms with Gasteiger partial charge < -0.3 is 5.11 Å². The Bertz CT molecular complexity index is 1910. The lowest BCUT2D eigenvalue weighted by Gasteiger charge is -2.27. The highest BCUT2D eigenvalue weighted by atomic mass is 35.5. The molecular weight excluding hydrogens is 637 g/mol. The molecule has 1 unspecified atom stereocenters. The molecule has 1 N–H and O–H groups in total. The summed E-state index contributed by atoms with van der Waals surface area (Å²) in [5, 5.41) is 9.97. The number of halogens is 2. The number of carbonyl (C=O) groups is 2. The fourth-order valence-corrected chi connectivity index (χ4v) is 8.37. The second-order valence-corrected chi connectivity index (χ2v) is 14.3. The average Bonchev–Trinajstić information content (AvgIpc) is 3.51. The molecule has 0 saturated carbocycles. The van der Waals surface area contributed by atoms with Gasteiger partial charge in [-0.25, -0.2) is 28.3 Å². The summed E-state index contributed by atoms with van der Waals surface area (Å²) in [5.41, 5.74) is 1.50. The highest BCUT2D eigenvalue weighted by molar-refractivity contribution is 7.95. The third-order valence-corrected chi connectivity index (χ3v) is 10.7. The third kappa shape index (κ3) is 5.76. The molecule has 13 heteroatoms. The second-order valence-electron chi connectivity index (χ2n) is 11.5. The van der Waals surface area contributed by atoms with Gasteiger partial charge in [0.1, 0.15) is 11.9 Å². The lowest BCUT2D eigenvalue weighted by molar-refractivity contribution is -0.142. The number of imidazole rings is 1. The van der Waals surface area contributed by atoms with Crippen LogP contribution < -0.4 is 4.90 Å². The number of nitrogens with zero attached hydrogens (tertiary/aromatic N) is 5. The summed E-state index contributed by atoms with van der Waals surface area (Å²) < 4.78 is 30.0. The topological polar surface area (TPSA) is 135 Å². The molecule has 2 aromatic carbocycles. The van der Waals surface area contributed by atoms with Gasteiger partial charge in [-0.2, -0.15) is 0 Å². The molecule has 0 radical (unpaired) electrons. The normalized spacial score (nSPS) is 20.3. The van der Waals surface area contributed by atoms with Gasteiger partial charge in [-0.05, 0) is 68.4 Å². The smallest absolute Gasteiger partial charge is 0.306 e. The van der Waals surface area contributed by atoms with E-state index >= 15 is 0 Å². The van der Waals surface area contributed by atoms with Crippen LogP contribution in [0.5, 0.6) is 0 Å². The van der Waals surface area contributed by atoms with E-state index in [1.807, 2.05) is 24.3 Å². The largest absolute Gasteiger partial charge is 0.481 e. The van der Waals surface area contributed by atoms with Crippen molar-refractivity contribution in [1.29, 1.82) is 0 Å². The molecule has 0 bridgehead atoms. The van der Waals surface area contributed by atoms with Gasteiger partial charge in [-0.3, -0.25) is 14.2 Å². The summed E-state index contributed by atoms with van der Waals surface area (Å²) in [6.07, 6.45) is 9.57. The molecule has 0 fully saturated rings. The van der Waals surface area contributed by atoms with Gasteiger partial charge in [-0.1, -0.05) is 53.5 Å². The molecule has 2 atom stereocenters. The first-order valence-corrected chi connectivity index (χ1v) is 16.6. The van der Waals surface area contributed by atoms with Crippen molar-refractivity contribution >= 4 is 56.6 Å². The van der Waals surface area contributed by atoms with Crippen molar-refractivity contribution in [2.24, 2.45) is 5.92 Å². The Morgan fingerprint density at radius 2 is 1.71 bits per heavy atom. The standard InChI is InChI=1S/C32H29Cl2N5O5S/c1-32(15-20-8-10-21(11-9-20)23-16-35-19-36-17-23)30(42)38(26-13-24(33)12-25(34)14-26)31-37-18-28(39(31)32)45(43,44)27-6-2-4-22(29(40)41)5-3-7-27/h6,8-14,16-19,22H,2-5,7,15H2,1H3,(H,40,41)/t22?,32-/m1/s1. The van der Waals surface area contributed by atoms with E-state index in [0.29, 0.717) is 41.4 Å². The number of aliphatic carboxylic acids is 1. The van der Waals surface area contributed by atoms with E-state index < -0.39 is 33.2 Å². The molecule has 3 heterocycles. The monoisotopic (exact) mass is 665 g/mol. The van der Waals surface area contributed by atoms with E-state index in [4.69, 9.17) is 23.2 Å². The van der Waals surface area contributed by atoms with Crippen LogP contribution in [0.25, 0.3) is 11.1 Å². The SMILES string of the molecule is C[C@@]1(Cc2ccc(-c3cncnc3)cc2)C(=O)N(c2cc(Cl)cc(Cl)c2)c2ncc(S(=O)(=O)C3=CCCC(C(=O)O)CCC3)n21. The molecule has 45 heavy (non-hydrogen) atoms. The Labute approximate surface area is 270 Å². The van der Waals surface area contributed by atoms with Crippen LogP contribution in [-0.4, -0.2) is 44.9 Å². The van der Waals surface area contributed by atoms with E-state index in [9.17, 15) is 23.1 Å². The first kappa shape index (κ1) is 30.9. The number of hydrogen-bond acceptors (Lipinski definition) is 7. The zero-order valence-electron chi connectivity index (χ0n) is 24.2. The quantitative estimate of drug-likeness (QED) is 0.233. The van der Waals surface area contributed by atoms with Crippen LogP contribution in [0.3, 0.4) is 0 Å². The van der Waals surface area contributed by atoms with Gasteiger partial charge >= 0.3 is 5.97 Å². The molecule has 6 rings (SSSR count). The Morgan fingerprint density at radius 3 is 2.38 bits per heavy atom. The van der Waals surface area contributed by atoms with E-state index in [-0.39, 0.29) is 28.7 Å². The minimum atomic E-state index is -4.10. The van der Waals surface area contributed by atoms with E-state index in [1.54, 1.807) is 43.6 Å². The average molecular weight is 667 g/mol. The van der Waals surface area contributed by atoms with Gasteiger partial charge in [0.05, 0.1) is 17.8 Å². The number of carbonyl (C=O) groups excluding carboxylic acids is 1. The first-order chi connectivity index (χ1) is 21.5. The van der Waals surface area contributed by atoms with Crippen molar-refractivity contribution in [3.05, 3.63) is 94.0 Å². The molecule has 10 nitrogen and oxygen atoms in total. The number of hydrogen-bond donors (Lipinski definition) is 1.